The molecule has 2 nitrogen and oxygen atoms in total. The van der Waals surface area contributed by atoms with Crippen LogP contribution in [0.25, 0.3) is 16.7 Å². The van der Waals surface area contributed by atoms with Crippen LogP contribution in [0.15, 0.2) is 134 Å². The summed E-state index contributed by atoms with van der Waals surface area (Å²) in [6.45, 7) is 6.78. The SMILES string of the molecule is C=C/C=C1/NCc2ccc(-c3ccc(N(c4ccccc4)c4ccccc4)cc3)cc2/C1=C/C. The first-order valence-electron chi connectivity index (χ1n) is 11.7. The molecule has 4 aromatic rings. The van der Waals surface area contributed by atoms with E-state index in [0.717, 1.165) is 29.3 Å². The molecule has 5 rings (SSSR count). The third kappa shape index (κ3) is 4.18. The van der Waals surface area contributed by atoms with Gasteiger partial charge in [0, 0.05) is 34.9 Å². The Morgan fingerprint density at radius 3 is 1.91 bits per heavy atom. The van der Waals surface area contributed by atoms with Crippen LogP contribution >= 0.6 is 0 Å². The van der Waals surface area contributed by atoms with Crippen molar-refractivity contribution in [3.05, 3.63) is 145 Å². The van der Waals surface area contributed by atoms with Crippen LogP contribution in [0, 0.1) is 0 Å². The molecular weight excluding hydrogens is 412 g/mol. The second-order valence-corrected chi connectivity index (χ2v) is 8.30. The zero-order chi connectivity index (χ0) is 23.3. The molecule has 0 aliphatic carbocycles. The molecule has 0 saturated carbocycles. The first-order valence-corrected chi connectivity index (χ1v) is 11.7. The van der Waals surface area contributed by atoms with E-state index in [2.05, 4.69) is 133 Å². The fraction of sp³-hybridized carbons (Fsp3) is 0.0625. The summed E-state index contributed by atoms with van der Waals surface area (Å²) < 4.78 is 0. The van der Waals surface area contributed by atoms with E-state index in [0.29, 0.717) is 0 Å². The number of hydrogen-bond donors (Lipinski definition) is 1. The number of rotatable bonds is 5. The van der Waals surface area contributed by atoms with Gasteiger partial charge in [-0.1, -0.05) is 79.4 Å². The van der Waals surface area contributed by atoms with Crippen molar-refractivity contribution in [3.63, 3.8) is 0 Å². The molecule has 0 spiro atoms. The summed E-state index contributed by atoms with van der Waals surface area (Å²) in [6.07, 6.45) is 6.05. The monoisotopic (exact) mass is 440 g/mol. The Morgan fingerprint density at radius 1 is 0.735 bits per heavy atom. The van der Waals surface area contributed by atoms with E-state index in [1.807, 2.05) is 12.2 Å². The molecule has 34 heavy (non-hydrogen) atoms. The molecule has 1 N–H and O–H groups in total. The smallest absolute Gasteiger partial charge is 0.0462 e. The lowest BCUT2D eigenvalue weighted by Gasteiger charge is -2.26. The van der Waals surface area contributed by atoms with E-state index in [9.17, 15) is 0 Å². The first kappa shape index (κ1) is 21.5. The van der Waals surface area contributed by atoms with Crippen molar-refractivity contribution in [1.29, 1.82) is 0 Å². The number of hydrogen-bond acceptors (Lipinski definition) is 2. The lowest BCUT2D eigenvalue weighted by atomic mass is 9.90. The quantitative estimate of drug-likeness (QED) is 0.335. The largest absolute Gasteiger partial charge is 0.380 e. The third-order valence-corrected chi connectivity index (χ3v) is 6.22. The molecule has 0 radical (unpaired) electrons. The highest BCUT2D eigenvalue weighted by molar-refractivity contribution is 5.85. The summed E-state index contributed by atoms with van der Waals surface area (Å²) in [5, 5.41) is 3.50. The molecule has 1 heterocycles. The average Bonchev–Trinajstić information content (AvgIpc) is 2.90. The van der Waals surface area contributed by atoms with Crippen LogP contribution in [-0.4, -0.2) is 0 Å². The number of nitrogens with one attached hydrogen (secondary N) is 1. The van der Waals surface area contributed by atoms with Gasteiger partial charge in [0.2, 0.25) is 0 Å². The normalized spacial score (nSPS) is 15.0. The van der Waals surface area contributed by atoms with Gasteiger partial charge in [-0.25, -0.2) is 0 Å². The van der Waals surface area contributed by atoms with Crippen molar-refractivity contribution < 1.29 is 0 Å². The molecule has 0 fully saturated rings. The van der Waals surface area contributed by atoms with Crippen molar-refractivity contribution in [1.82, 2.24) is 5.32 Å². The van der Waals surface area contributed by atoms with Gasteiger partial charge in [0.25, 0.3) is 0 Å². The number of benzene rings is 4. The van der Waals surface area contributed by atoms with Crippen LogP contribution < -0.4 is 10.2 Å². The van der Waals surface area contributed by atoms with Crippen LogP contribution in [0.1, 0.15) is 18.1 Å². The molecule has 0 saturated heterocycles. The van der Waals surface area contributed by atoms with E-state index in [4.69, 9.17) is 0 Å². The summed E-state index contributed by atoms with van der Waals surface area (Å²) in [5.74, 6) is 0. The zero-order valence-corrected chi connectivity index (χ0v) is 19.4. The Balaban J connectivity index is 1.52. The Hall–Kier alpha value is -4.30. The number of allylic oxidation sites excluding steroid dienone is 4. The van der Waals surface area contributed by atoms with Crippen molar-refractivity contribution in [3.8, 4) is 11.1 Å². The molecule has 0 amide bonds. The fourth-order valence-corrected chi connectivity index (χ4v) is 4.57. The molecule has 1 aliphatic rings. The van der Waals surface area contributed by atoms with E-state index in [1.54, 1.807) is 0 Å². The number of fused-ring (bicyclic) bond motifs is 1. The maximum Gasteiger partial charge on any atom is 0.0462 e. The maximum atomic E-state index is 3.86. The Labute approximate surface area is 202 Å². The number of para-hydroxylation sites is 2. The summed E-state index contributed by atoms with van der Waals surface area (Å²) in [5.41, 5.74) is 10.8. The van der Waals surface area contributed by atoms with Gasteiger partial charge in [-0.15, -0.1) is 0 Å². The van der Waals surface area contributed by atoms with Crippen LogP contribution in [0.2, 0.25) is 0 Å². The van der Waals surface area contributed by atoms with Crippen molar-refractivity contribution >= 4 is 22.6 Å². The van der Waals surface area contributed by atoms with Gasteiger partial charge in [0.15, 0.2) is 0 Å². The molecule has 0 bridgehead atoms. The van der Waals surface area contributed by atoms with Gasteiger partial charge < -0.3 is 10.2 Å². The molecular formula is C32H28N2. The molecule has 1 aliphatic heterocycles. The van der Waals surface area contributed by atoms with E-state index < -0.39 is 0 Å². The predicted octanol–water partition coefficient (Wildman–Crippen LogP) is 8.40. The maximum absolute atomic E-state index is 3.86. The average molecular weight is 441 g/mol. The lowest BCUT2D eigenvalue weighted by molar-refractivity contribution is 0.815. The summed E-state index contributed by atoms with van der Waals surface area (Å²) in [7, 11) is 0. The minimum absolute atomic E-state index is 0.828. The summed E-state index contributed by atoms with van der Waals surface area (Å²) in [6, 6.07) is 36.6. The molecule has 0 atom stereocenters. The molecule has 166 valence electrons. The molecule has 0 unspecified atom stereocenters. The van der Waals surface area contributed by atoms with Crippen LogP contribution in [0.5, 0.6) is 0 Å². The topological polar surface area (TPSA) is 15.3 Å². The Kier molecular flexibility index (Phi) is 6.13. The minimum atomic E-state index is 0.828. The Bertz CT molecular complexity index is 1310. The van der Waals surface area contributed by atoms with Crippen molar-refractivity contribution in [2.24, 2.45) is 0 Å². The van der Waals surface area contributed by atoms with Gasteiger partial charge in [0.1, 0.15) is 0 Å². The lowest BCUT2D eigenvalue weighted by Crippen LogP contribution is -2.21. The van der Waals surface area contributed by atoms with Gasteiger partial charge >= 0.3 is 0 Å². The highest BCUT2D eigenvalue weighted by atomic mass is 15.1. The zero-order valence-electron chi connectivity index (χ0n) is 19.4. The highest BCUT2D eigenvalue weighted by Gasteiger charge is 2.18. The van der Waals surface area contributed by atoms with Gasteiger partial charge in [0.05, 0.1) is 0 Å². The third-order valence-electron chi connectivity index (χ3n) is 6.22. The standard InChI is InChI=1S/C32H28N2/c1-3-11-32-30(4-2)31-22-25(16-17-26(31)23-33-32)24-18-20-29(21-19-24)34(27-12-7-5-8-13-27)28-14-9-6-10-15-28/h3-22,33H,1,23H2,2H3/b30-4-,32-11+. The summed E-state index contributed by atoms with van der Waals surface area (Å²) in [4.78, 5) is 2.28. The fourth-order valence-electron chi connectivity index (χ4n) is 4.57. The highest BCUT2D eigenvalue weighted by Crippen LogP contribution is 2.37. The van der Waals surface area contributed by atoms with Crippen LogP contribution in [-0.2, 0) is 6.54 Å². The second-order valence-electron chi connectivity index (χ2n) is 8.30. The van der Waals surface area contributed by atoms with Gasteiger partial charge in [-0.2, -0.15) is 0 Å². The minimum Gasteiger partial charge on any atom is -0.380 e. The van der Waals surface area contributed by atoms with E-state index in [-0.39, 0.29) is 0 Å². The Morgan fingerprint density at radius 2 is 1.32 bits per heavy atom. The van der Waals surface area contributed by atoms with Gasteiger partial charge in [-0.05, 0) is 77.7 Å². The van der Waals surface area contributed by atoms with Gasteiger partial charge in [-0.3, -0.25) is 0 Å². The molecule has 0 aromatic heterocycles. The van der Waals surface area contributed by atoms with Crippen LogP contribution in [0.4, 0.5) is 17.1 Å². The van der Waals surface area contributed by atoms with Crippen molar-refractivity contribution in [2.45, 2.75) is 13.5 Å². The summed E-state index contributed by atoms with van der Waals surface area (Å²) >= 11 is 0. The van der Waals surface area contributed by atoms with Crippen LogP contribution in [0.3, 0.4) is 0 Å². The van der Waals surface area contributed by atoms with Crippen molar-refractivity contribution in [2.75, 3.05) is 4.90 Å². The second kappa shape index (κ2) is 9.68. The number of anilines is 3. The predicted molar refractivity (Wildman–Crippen MR) is 145 cm³/mol. The molecule has 2 heteroatoms. The number of nitrogens with zero attached hydrogens (tertiary/aromatic N) is 1. The molecule has 4 aromatic carbocycles. The first-order chi connectivity index (χ1) is 16.8. The van der Waals surface area contributed by atoms with E-state index in [1.165, 1.54) is 27.8 Å². The van der Waals surface area contributed by atoms with E-state index >= 15 is 0 Å².